The third kappa shape index (κ3) is 0.742. The van der Waals surface area contributed by atoms with Crippen molar-refractivity contribution in [3.05, 3.63) is 6.26 Å². The van der Waals surface area contributed by atoms with Gasteiger partial charge in [0.05, 0.1) is 6.21 Å². The van der Waals surface area contributed by atoms with Crippen molar-refractivity contribution in [2.24, 2.45) is 5.10 Å². The van der Waals surface area contributed by atoms with Crippen molar-refractivity contribution >= 4 is 12.0 Å². The van der Waals surface area contributed by atoms with E-state index in [9.17, 15) is 0 Å². The maximum Gasteiger partial charge on any atom is 0.241 e. The number of anilines is 1. The molecule has 2 heterocycles. The number of nitrogens with zero attached hydrogens (tertiary/aromatic N) is 4. The van der Waals surface area contributed by atoms with Gasteiger partial charge in [0.15, 0.2) is 6.26 Å². The maximum atomic E-state index is 4.95. The molecular formula is C4H4N4O2. The summed E-state index contributed by atoms with van der Waals surface area (Å²) in [6.45, 7) is 0.465. The normalized spacial score (nSPS) is 16.6. The second-order valence-electron chi connectivity index (χ2n) is 1.63. The van der Waals surface area contributed by atoms with Gasteiger partial charge in [0, 0.05) is 5.27 Å². The van der Waals surface area contributed by atoms with E-state index < -0.39 is 0 Å². The number of hydrogen-bond donors (Lipinski definition) is 0. The molecule has 0 radical (unpaired) electrons. The van der Waals surface area contributed by atoms with Crippen molar-refractivity contribution < 1.29 is 9.36 Å². The molecule has 0 amide bonds. The van der Waals surface area contributed by atoms with Gasteiger partial charge in [0.1, 0.15) is 6.61 Å². The third-order valence-corrected chi connectivity index (χ3v) is 1.00. The van der Waals surface area contributed by atoms with Crippen LogP contribution < -0.4 is 5.17 Å². The van der Waals surface area contributed by atoms with Gasteiger partial charge in [-0.15, -0.1) is 5.17 Å². The molecular weight excluding hydrogens is 136 g/mol. The van der Waals surface area contributed by atoms with Crippen LogP contribution in [0.4, 0.5) is 5.82 Å². The highest BCUT2D eigenvalue weighted by atomic mass is 16.7. The SMILES string of the molecule is C1=NN(c2conn2)OC1. The van der Waals surface area contributed by atoms with E-state index in [-0.39, 0.29) is 0 Å². The predicted molar refractivity (Wildman–Crippen MR) is 31.2 cm³/mol. The lowest BCUT2D eigenvalue weighted by molar-refractivity contribution is 0.164. The van der Waals surface area contributed by atoms with Gasteiger partial charge in [-0.2, -0.15) is 5.10 Å². The number of aromatic nitrogens is 2. The molecule has 10 heavy (non-hydrogen) atoms. The first-order chi connectivity index (χ1) is 4.97. The zero-order chi connectivity index (χ0) is 6.81. The zero-order valence-electron chi connectivity index (χ0n) is 4.97. The fraction of sp³-hybridized carbons (Fsp3) is 0.250. The molecule has 0 saturated carbocycles. The molecule has 0 spiro atoms. The minimum absolute atomic E-state index is 0.453. The van der Waals surface area contributed by atoms with Crippen LogP contribution in [0.2, 0.25) is 0 Å². The molecule has 6 heteroatoms. The Hall–Kier alpha value is -1.43. The Morgan fingerprint density at radius 2 is 2.60 bits per heavy atom. The van der Waals surface area contributed by atoms with Gasteiger partial charge >= 0.3 is 0 Å². The fourth-order valence-electron chi connectivity index (χ4n) is 0.613. The molecule has 0 N–H and O–H groups in total. The van der Waals surface area contributed by atoms with Crippen LogP contribution in [-0.2, 0) is 4.84 Å². The Bertz CT molecular complexity index is 231. The first-order valence-corrected chi connectivity index (χ1v) is 2.69. The lowest BCUT2D eigenvalue weighted by Crippen LogP contribution is -2.10. The molecule has 52 valence electrons. The van der Waals surface area contributed by atoms with Crippen LogP contribution in [-0.4, -0.2) is 23.2 Å². The maximum absolute atomic E-state index is 4.95. The average Bonchev–Trinajstić information content (AvgIpc) is 2.59. The summed E-state index contributed by atoms with van der Waals surface area (Å²) in [6, 6.07) is 0. The van der Waals surface area contributed by atoms with E-state index >= 15 is 0 Å². The van der Waals surface area contributed by atoms with Crippen LogP contribution in [0.3, 0.4) is 0 Å². The van der Waals surface area contributed by atoms with E-state index in [1.807, 2.05) is 0 Å². The van der Waals surface area contributed by atoms with Crippen LogP contribution in [0.1, 0.15) is 0 Å². The summed E-state index contributed by atoms with van der Waals surface area (Å²) in [7, 11) is 0. The van der Waals surface area contributed by atoms with Crippen LogP contribution in [0.5, 0.6) is 0 Å². The smallest absolute Gasteiger partial charge is 0.241 e. The molecule has 6 nitrogen and oxygen atoms in total. The van der Waals surface area contributed by atoms with Gasteiger partial charge < -0.3 is 4.52 Å². The molecule has 1 aromatic rings. The molecule has 0 saturated heterocycles. The van der Waals surface area contributed by atoms with Crippen molar-refractivity contribution in [2.75, 3.05) is 11.8 Å². The Kier molecular flexibility index (Phi) is 1.11. The van der Waals surface area contributed by atoms with E-state index in [1.165, 1.54) is 11.4 Å². The monoisotopic (exact) mass is 140 g/mol. The second-order valence-corrected chi connectivity index (χ2v) is 1.63. The summed E-state index contributed by atoms with van der Waals surface area (Å²) < 4.78 is 4.47. The van der Waals surface area contributed by atoms with Crippen molar-refractivity contribution in [1.29, 1.82) is 0 Å². The molecule has 1 aliphatic heterocycles. The van der Waals surface area contributed by atoms with Gasteiger partial charge in [-0.25, -0.2) is 4.84 Å². The third-order valence-electron chi connectivity index (χ3n) is 1.00. The second kappa shape index (κ2) is 2.07. The first kappa shape index (κ1) is 5.36. The van der Waals surface area contributed by atoms with Gasteiger partial charge in [0.2, 0.25) is 5.82 Å². The average molecular weight is 140 g/mol. The van der Waals surface area contributed by atoms with Gasteiger partial charge in [0.25, 0.3) is 0 Å². The van der Waals surface area contributed by atoms with Gasteiger partial charge in [-0.3, -0.25) is 0 Å². The summed E-state index contributed by atoms with van der Waals surface area (Å²) in [6.07, 6.45) is 2.97. The highest BCUT2D eigenvalue weighted by Gasteiger charge is 2.12. The summed E-state index contributed by atoms with van der Waals surface area (Å²) in [5.74, 6) is 0.453. The number of hydrogen-bond acceptors (Lipinski definition) is 6. The highest BCUT2D eigenvalue weighted by molar-refractivity contribution is 5.62. The fourth-order valence-corrected chi connectivity index (χ4v) is 0.613. The number of rotatable bonds is 1. The topological polar surface area (TPSA) is 63.8 Å². The van der Waals surface area contributed by atoms with E-state index in [0.717, 1.165) is 0 Å². The molecule has 0 unspecified atom stereocenters. The lowest BCUT2D eigenvalue weighted by Gasteiger charge is -2.04. The van der Waals surface area contributed by atoms with Crippen molar-refractivity contribution in [1.82, 2.24) is 10.4 Å². The van der Waals surface area contributed by atoms with Crippen molar-refractivity contribution in [3.8, 4) is 0 Å². The molecule has 0 aromatic carbocycles. The van der Waals surface area contributed by atoms with Crippen molar-refractivity contribution in [2.45, 2.75) is 0 Å². The van der Waals surface area contributed by atoms with Gasteiger partial charge in [-0.1, -0.05) is 5.10 Å². The molecule has 0 bridgehead atoms. The van der Waals surface area contributed by atoms with E-state index in [1.54, 1.807) is 6.21 Å². The highest BCUT2D eigenvalue weighted by Crippen LogP contribution is 2.11. The largest absolute Gasteiger partial charge is 0.343 e. The summed E-state index contributed by atoms with van der Waals surface area (Å²) in [5.41, 5.74) is 0. The van der Waals surface area contributed by atoms with E-state index in [4.69, 9.17) is 4.84 Å². The summed E-state index contributed by atoms with van der Waals surface area (Å²) >= 11 is 0. The van der Waals surface area contributed by atoms with Gasteiger partial charge in [-0.05, 0) is 0 Å². The minimum Gasteiger partial charge on any atom is -0.343 e. The Balaban J connectivity index is 2.20. The lowest BCUT2D eigenvalue weighted by atomic mass is 10.8. The molecule has 1 aliphatic rings. The quantitative estimate of drug-likeness (QED) is 0.540. The molecule has 0 aliphatic carbocycles. The first-order valence-electron chi connectivity index (χ1n) is 2.69. The molecule has 0 fully saturated rings. The van der Waals surface area contributed by atoms with E-state index in [0.29, 0.717) is 12.4 Å². The molecule has 2 rings (SSSR count). The Morgan fingerprint density at radius 3 is 3.20 bits per heavy atom. The van der Waals surface area contributed by atoms with E-state index in [2.05, 4.69) is 20.0 Å². The standard InChI is InChI=1S/C4H4N4O2/c1-2-10-8(5-1)4-3-9-7-6-4/h1,3H,2H2. The predicted octanol–water partition coefficient (Wildman–Crippen LogP) is -0.193. The Morgan fingerprint density at radius 1 is 1.60 bits per heavy atom. The number of hydrazone groups is 1. The van der Waals surface area contributed by atoms with Crippen LogP contribution in [0, 0.1) is 0 Å². The molecule has 0 atom stereocenters. The molecule has 1 aromatic heterocycles. The van der Waals surface area contributed by atoms with Crippen LogP contribution >= 0.6 is 0 Å². The minimum atomic E-state index is 0.453. The van der Waals surface area contributed by atoms with Crippen LogP contribution in [0.15, 0.2) is 15.9 Å². The zero-order valence-corrected chi connectivity index (χ0v) is 4.97. The summed E-state index contributed by atoms with van der Waals surface area (Å²) in [5, 5.41) is 11.9. The van der Waals surface area contributed by atoms with Crippen LogP contribution in [0.25, 0.3) is 0 Å². The summed E-state index contributed by atoms with van der Waals surface area (Å²) in [4.78, 5) is 4.95. The van der Waals surface area contributed by atoms with Crippen molar-refractivity contribution in [3.63, 3.8) is 0 Å². The Labute approximate surface area is 56.0 Å².